The van der Waals surface area contributed by atoms with E-state index in [1.165, 1.54) is 23.9 Å². The Hall–Kier alpha value is -2.12. The van der Waals surface area contributed by atoms with Crippen LogP contribution in [0.5, 0.6) is 5.75 Å². The van der Waals surface area contributed by atoms with E-state index in [1.54, 1.807) is 23.5 Å². The molecule has 124 valence electrons. The summed E-state index contributed by atoms with van der Waals surface area (Å²) in [5.74, 6) is 0.523. The number of hydrogen-bond donors (Lipinski definition) is 1. The summed E-state index contributed by atoms with van der Waals surface area (Å²) >= 11 is 3.01. The molecule has 0 unspecified atom stereocenters. The molecular formula is C17H15FN2O2S2. The molecule has 1 N–H and O–H groups in total. The number of rotatable bonds is 7. The van der Waals surface area contributed by atoms with Gasteiger partial charge in [-0.25, -0.2) is 9.37 Å². The zero-order valence-electron chi connectivity index (χ0n) is 12.7. The third-order valence-corrected chi connectivity index (χ3v) is 5.29. The number of thioether (sulfide) groups is 1. The molecule has 2 aromatic carbocycles. The average molecular weight is 362 g/mol. The Labute approximate surface area is 147 Å². The van der Waals surface area contributed by atoms with Gasteiger partial charge in [-0.1, -0.05) is 23.9 Å². The van der Waals surface area contributed by atoms with Gasteiger partial charge in [0.1, 0.15) is 18.2 Å². The molecule has 3 rings (SSSR count). The van der Waals surface area contributed by atoms with Crippen molar-refractivity contribution in [1.29, 1.82) is 0 Å². The number of ether oxygens (including phenoxy) is 1. The number of fused-ring (bicyclic) bond motifs is 1. The van der Waals surface area contributed by atoms with E-state index >= 15 is 0 Å². The van der Waals surface area contributed by atoms with Gasteiger partial charge in [0, 0.05) is 0 Å². The van der Waals surface area contributed by atoms with Gasteiger partial charge in [0.25, 0.3) is 0 Å². The molecule has 1 amide bonds. The van der Waals surface area contributed by atoms with Gasteiger partial charge in [0.05, 0.1) is 22.5 Å². The maximum absolute atomic E-state index is 12.8. The lowest BCUT2D eigenvalue weighted by Crippen LogP contribution is -2.29. The molecule has 0 fully saturated rings. The summed E-state index contributed by atoms with van der Waals surface area (Å²) in [6, 6.07) is 13.7. The highest BCUT2D eigenvalue weighted by molar-refractivity contribution is 8.01. The molecule has 0 aliphatic rings. The Balaban J connectivity index is 1.37. The number of halogens is 1. The van der Waals surface area contributed by atoms with Gasteiger partial charge >= 0.3 is 0 Å². The topological polar surface area (TPSA) is 51.2 Å². The molecule has 0 bridgehead atoms. The van der Waals surface area contributed by atoms with Crippen molar-refractivity contribution in [3.63, 3.8) is 0 Å². The van der Waals surface area contributed by atoms with Gasteiger partial charge in [-0.05, 0) is 36.4 Å². The van der Waals surface area contributed by atoms with Crippen LogP contribution in [0, 0.1) is 5.82 Å². The maximum Gasteiger partial charge on any atom is 0.230 e. The smallest absolute Gasteiger partial charge is 0.230 e. The third kappa shape index (κ3) is 4.69. The highest BCUT2D eigenvalue weighted by Crippen LogP contribution is 2.28. The van der Waals surface area contributed by atoms with Gasteiger partial charge in [-0.15, -0.1) is 11.3 Å². The van der Waals surface area contributed by atoms with Gasteiger partial charge in [-0.2, -0.15) is 0 Å². The molecule has 0 radical (unpaired) electrons. The van der Waals surface area contributed by atoms with Crippen molar-refractivity contribution < 1.29 is 13.9 Å². The van der Waals surface area contributed by atoms with Crippen LogP contribution >= 0.6 is 23.1 Å². The van der Waals surface area contributed by atoms with Crippen LogP contribution in [-0.2, 0) is 4.79 Å². The van der Waals surface area contributed by atoms with Crippen molar-refractivity contribution in [2.24, 2.45) is 0 Å². The number of benzene rings is 2. The lowest BCUT2D eigenvalue weighted by molar-refractivity contribution is -0.118. The molecular weight excluding hydrogens is 347 g/mol. The maximum atomic E-state index is 12.8. The van der Waals surface area contributed by atoms with Crippen LogP contribution in [0.3, 0.4) is 0 Å². The number of thiazole rings is 1. The second-order valence-corrected chi connectivity index (χ2v) is 7.14. The first-order chi connectivity index (χ1) is 11.7. The number of aromatic nitrogens is 1. The number of hydrogen-bond acceptors (Lipinski definition) is 5. The average Bonchev–Trinajstić information content (AvgIpc) is 3.01. The molecule has 0 spiro atoms. The first kappa shape index (κ1) is 16.7. The van der Waals surface area contributed by atoms with Crippen LogP contribution in [0.2, 0.25) is 0 Å². The fourth-order valence-corrected chi connectivity index (χ4v) is 3.88. The van der Waals surface area contributed by atoms with Crippen LogP contribution in [0.1, 0.15) is 0 Å². The number of carbonyl (C=O) groups excluding carboxylic acids is 1. The van der Waals surface area contributed by atoms with Gasteiger partial charge in [0.15, 0.2) is 4.34 Å². The molecule has 7 heteroatoms. The zero-order valence-corrected chi connectivity index (χ0v) is 14.3. The van der Waals surface area contributed by atoms with Crippen LogP contribution < -0.4 is 10.1 Å². The minimum atomic E-state index is -0.303. The molecule has 3 aromatic rings. The third-order valence-electron chi connectivity index (χ3n) is 3.11. The summed E-state index contributed by atoms with van der Waals surface area (Å²) in [7, 11) is 0. The van der Waals surface area contributed by atoms with E-state index in [1.807, 2.05) is 24.3 Å². The van der Waals surface area contributed by atoms with Crippen LogP contribution in [-0.4, -0.2) is 29.8 Å². The zero-order chi connectivity index (χ0) is 16.8. The predicted octanol–water partition coefficient (Wildman–Crippen LogP) is 3.72. The van der Waals surface area contributed by atoms with Crippen molar-refractivity contribution in [1.82, 2.24) is 10.3 Å². The molecule has 1 aromatic heterocycles. The monoisotopic (exact) mass is 362 g/mol. The fraction of sp³-hybridized carbons (Fsp3) is 0.176. The van der Waals surface area contributed by atoms with Crippen LogP contribution in [0.25, 0.3) is 10.2 Å². The summed E-state index contributed by atoms with van der Waals surface area (Å²) in [6.07, 6.45) is 0. The lowest BCUT2D eigenvalue weighted by atomic mass is 10.3. The van der Waals surface area contributed by atoms with E-state index in [9.17, 15) is 9.18 Å². The highest BCUT2D eigenvalue weighted by Gasteiger charge is 2.07. The quantitative estimate of drug-likeness (QED) is 0.514. The van der Waals surface area contributed by atoms with Crippen molar-refractivity contribution in [3.05, 3.63) is 54.3 Å². The highest BCUT2D eigenvalue weighted by atomic mass is 32.2. The van der Waals surface area contributed by atoms with Gasteiger partial charge in [-0.3, -0.25) is 4.79 Å². The number of amides is 1. The number of nitrogens with zero attached hydrogens (tertiary/aromatic N) is 1. The Bertz CT molecular complexity index is 788. The van der Waals surface area contributed by atoms with Crippen LogP contribution in [0.15, 0.2) is 52.9 Å². The first-order valence-electron chi connectivity index (χ1n) is 7.34. The first-order valence-corrected chi connectivity index (χ1v) is 9.14. The summed E-state index contributed by atoms with van der Waals surface area (Å²) in [5.41, 5.74) is 0.957. The Morgan fingerprint density at radius 1 is 1.21 bits per heavy atom. The number of para-hydroxylation sites is 1. The Kier molecular flexibility index (Phi) is 5.66. The molecule has 0 aliphatic carbocycles. The van der Waals surface area contributed by atoms with Crippen molar-refractivity contribution >= 4 is 39.2 Å². The van der Waals surface area contributed by atoms with Gasteiger partial charge < -0.3 is 10.1 Å². The summed E-state index contributed by atoms with van der Waals surface area (Å²) in [5, 5.41) is 2.79. The van der Waals surface area contributed by atoms with Crippen molar-refractivity contribution in [2.75, 3.05) is 18.9 Å². The van der Waals surface area contributed by atoms with E-state index in [-0.39, 0.29) is 11.7 Å². The summed E-state index contributed by atoms with van der Waals surface area (Å²) in [6.45, 7) is 0.736. The molecule has 24 heavy (non-hydrogen) atoms. The fourth-order valence-electron chi connectivity index (χ4n) is 1.98. The molecule has 1 heterocycles. The standard InChI is InChI=1S/C17H15FN2O2S2/c18-12-5-7-13(8-6-12)22-10-9-19-16(21)11-23-17-20-14-3-1-2-4-15(14)24-17/h1-8H,9-11H2,(H,19,21). The normalized spacial score (nSPS) is 10.7. The SMILES string of the molecule is O=C(CSc1nc2ccccc2s1)NCCOc1ccc(F)cc1. The molecule has 0 atom stereocenters. The van der Waals surface area contributed by atoms with E-state index < -0.39 is 0 Å². The van der Waals surface area contributed by atoms with E-state index in [0.29, 0.717) is 24.7 Å². The van der Waals surface area contributed by atoms with Crippen molar-refractivity contribution in [2.45, 2.75) is 4.34 Å². The lowest BCUT2D eigenvalue weighted by Gasteiger charge is -2.07. The minimum absolute atomic E-state index is 0.0676. The molecule has 4 nitrogen and oxygen atoms in total. The Morgan fingerprint density at radius 2 is 2.00 bits per heavy atom. The largest absolute Gasteiger partial charge is 0.492 e. The van der Waals surface area contributed by atoms with E-state index in [0.717, 1.165) is 14.6 Å². The second kappa shape index (κ2) is 8.12. The number of carbonyl (C=O) groups is 1. The van der Waals surface area contributed by atoms with E-state index in [4.69, 9.17) is 4.74 Å². The van der Waals surface area contributed by atoms with Crippen LogP contribution in [0.4, 0.5) is 4.39 Å². The van der Waals surface area contributed by atoms with Gasteiger partial charge in [0.2, 0.25) is 5.91 Å². The molecule has 0 saturated carbocycles. The summed E-state index contributed by atoms with van der Waals surface area (Å²) < 4.78 is 20.2. The number of nitrogens with one attached hydrogen (secondary N) is 1. The summed E-state index contributed by atoms with van der Waals surface area (Å²) in [4.78, 5) is 16.3. The Morgan fingerprint density at radius 3 is 2.79 bits per heavy atom. The minimum Gasteiger partial charge on any atom is -0.492 e. The van der Waals surface area contributed by atoms with Crippen molar-refractivity contribution in [3.8, 4) is 5.75 Å². The molecule has 0 aliphatic heterocycles. The van der Waals surface area contributed by atoms with E-state index in [2.05, 4.69) is 10.3 Å². The second-order valence-electron chi connectivity index (χ2n) is 4.89. The predicted molar refractivity (Wildman–Crippen MR) is 95.2 cm³/mol. The molecule has 0 saturated heterocycles.